The number of anilines is 1. The van der Waals surface area contributed by atoms with Crippen molar-refractivity contribution in [2.24, 2.45) is 0 Å². The molecular weight excluding hydrogens is 288 g/mol. The summed E-state index contributed by atoms with van der Waals surface area (Å²) in [6.07, 6.45) is -0.495. The molecule has 4 heteroatoms. The predicted octanol–water partition coefficient (Wildman–Crippen LogP) is 2.38. The van der Waals surface area contributed by atoms with Gasteiger partial charge in [-0.1, -0.05) is 36.4 Å². The van der Waals surface area contributed by atoms with Gasteiger partial charge in [-0.3, -0.25) is 4.90 Å². The third-order valence-corrected chi connectivity index (χ3v) is 4.20. The normalized spacial score (nSPS) is 16.5. The molecule has 0 radical (unpaired) electrons. The van der Waals surface area contributed by atoms with Crippen LogP contribution in [0, 0.1) is 0 Å². The van der Waals surface area contributed by atoms with E-state index in [1.807, 2.05) is 30.3 Å². The number of para-hydroxylation sites is 2. The van der Waals surface area contributed by atoms with E-state index in [0.717, 1.165) is 25.4 Å². The number of aliphatic hydroxyl groups is 1. The van der Waals surface area contributed by atoms with Gasteiger partial charge >= 0.3 is 0 Å². The van der Waals surface area contributed by atoms with Crippen LogP contribution in [0.4, 0.5) is 5.69 Å². The largest absolute Gasteiger partial charge is 0.491 e. The van der Waals surface area contributed by atoms with Crippen LogP contribution in [0.2, 0.25) is 0 Å². The fourth-order valence-electron chi connectivity index (χ4n) is 2.96. The van der Waals surface area contributed by atoms with Crippen LogP contribution in [-0.4, -0.2) is 49.4 Å². The van der Waals surface area contributed by atoms with Gasteiger partial charge in [-0.2, -0.15) is 0 Å². The highest BCUT2D eigenvalue weighted by molar-refractivity contribution is 5.53. The standard InChI is InChI=1S/C19H24N2O2/c1-20-11-12-21(13-16-7-5-6-10-19(16)20)14-17(22)15-23-18-8-3-2-4-9-18/h2-10,17,22H,11-15H2,1H3. The summed E-state index contributed by atoms with van der Waals surface area (Å²) < 4.78 is 5.64. The van der Waals surface area contributed by atoms with Crippen LogP contribution in [-0.2, 0) is 6.54 Å². The van der Waals surface area contributed by atoms with Gasteiger partial charge in [0.1, 0.15) is 18.5 Å². The Morgan fingerprint density at radius 3 is 2.61 bits per heavy atom. The lowest BCUT2D eigenvalue weighted by Gasteiger charge is -2.23. The molecule has 2 aromatic rings. The summed E-state index contributed by atoms with van der Waals surface area (Å²) in [6.45, 7) is 3.70. The Morgan fingerprint density at radius 2 is 1.78 bits per heavy atom. The number of likely N-dealkylation sites (N-methyl/N-ethyl adjacent to an activating group) is 1. The van der Waals surface area contributed by atoms with E-state index in [2.05, 4.69) is 41.1 Å². The summed E-state index contributed by atoms with van der Waals surface area (Å²) >= 11 is 0. The third kappa shape index (κ3) is 4.24. The number of hydrogen-bond donors (Lipinski definition) is 1. The number of hydrogen-bond acceptors (Lipinski definition) is 4. The van der Waals surface area contributed by atoms with E-state index in [9.17, 15) is 5.11 Å². The molecule has 0 bridgehead atoms. The summed E-state index contributed by atoms with van der Waals surface area (Å²) in [6, 6.07) is 18.1. The number of benzene rings is 2. The molecule has 1 aliphatic rings. The fraction of sp³-hybridized carbons (Fsp3) is 0.368. The highest BCUT2D eigenvalue weighted by Gasteiger charge is 2.19. The molecule has 0 saturated heterocycles. The van der Waals surface area contributed by atoms with Gasteiger partial charge in [0, 0.05) is 38.9 Å². The zero-order chi connectivity index (χ0) is 16.1. The summed E-state index contributed by atoms with van der Waals surface area (Å²) in [5, 5.41) is 10.3. The molecule has 23 heavy (non-hydrogen) atoms. The lowest BCUT2D eigenvalue weighted by molar-refractivity contribution is 0.0673. The molecule has 0 aromatic heterocycles. The minimum atomic E-state index is -0.495. The van der Waals surface area contributed by atoms with Gasteiger partial charge in [0.25, 0.3) is 0 Å². The van der Waals surface area contributed by atoms with Crippen molar-refractivity contribution in [3.63, 3.8) is 0 Å². The van der Waals surface area contributed by atoms with E-state index < -0.39 is 6.10 Å². The van der Waals surface area contributed by atoms with E-state index in [1.54, 1.807) is 0 Å². The molecule has 0 saturated carbocycles. The molecule has 1 atom stereocenters. The molecule has 4 nitrogen and oxygen atoms in total. The molecule has 0 amide bonds. The molecule has 2 aromatic carbocycles. The van der Waals surface area contributed by atoms with Gasteiger partial charge in [-0.15, -0.1) is 0 Å². The Morgan fingerprint density at radius 1 is 1.04 bits per heavy atom. The first-order valence-corrected chi connectivity index (χ1v) is 8.09. The van der Waals surface area contributed by atoms with Crippen molar-refractivity contribution >= 4 is 5.69 Å². The second kappa shape index (κ2) is 7.49. The quantitative estimate of drug-likeness (QED) is 0.919. The Kier molecular flexibility index (Phi) is 5.16. The van der Waals surface area contributed by atoms with Gasteiger partial charge < -0.3 is 14.7 Å². The lowest BCUT2D eigenvalue weighted by atomic mass is 10.1. The molecule has 3 rings (SSSR count). The molecular formula is C19H24N2O2. The van der Waals surface area contributed by atoms with Gasteiger partial charge in [-0.25, -0.2) is 0 Å². The average Bonchev–Trinajstić information content (AvgIpc) is 2.74. The summed E-state index contributed by atoms with van der Waals surface area (Å²) in [5.41, 5.74) is 2.59. The van der Waals surface area contributed by atoms with Crippen LogP contribution < -0.4 is 9.64 Å². The highest BCUT2D eigenvalue weighted by atomic mass is 16.5. The van der Waals surface area contributed by atoms with Crippen molar-refractivity contribution < 1.29 is 9.84 Å². The maximum Gasteiger partial charge on any atom is 0.119 e. The van der Waals surface area contributed by atoms with Gasteiger partial charge in [-0.05, 0) is 23.8 Å². The molecule has 0 aliphatic carbocycles. The first-order valence-electron chi connectivity index (χ1n) is 8.09. The van der Waals surface area contributed by atoms with Crippen LogP contribution >= 0.6 is 0 Å². The number of β-amino-alcohol motifs (C(OH)–C–C–N with tert-alkyl or cyclic N) is 1. The van der Waals surface area contributed by atoms with E-state index in [-0.39, 0.29) is 0 Å². The van der Waals surface area contributed by atoms with Crippen LogP contribution in [0.25, 0.3) is 0 Å². The molecule has 1 unspecified atom stereocenters. The van der Waals surface area contributed by atoms with Crippen molar-refractivity contribution in [3.05, 3.63) is 60.2 Å². The maximum atomic E-state index is 10.3. The molecule has 1 N–H and O–H groups in total. The molecule has 1 heterocycles. The monoisotopic (exact) mass is 312 g/mol. The van der Waals surface area contributed by atoms with Gasteiger partial charge in [0.05, 0.1) is 0 Å². The van der Waals surface area contributed by atoms with Gasteiger partial charge in [0.2, 0.25) is 0 Å². The van der Waals surface area contributed by atoms with E-state index >= 15 is 0 Å². The number of ether oxygens (including phenoxy) is 1. The van der Waals surface area contributed by atoms with Crippen LogP contribution in [0.15, 0.2) is 54.6 Å². The zero-order valence-electron chi connectivity index (χ0n) is 13.6. The summed E-state index contributed by atoms with van der Waals surface area (Å²) in [5.74, 6) is 0.799. The first kappa shape index (κ1) is 15.8. The van der Waals surface area contributed by atoms with Gasteiger partial charge in [0.15, 0.2) is 0 Å². The van der Waals surface area contributed by atoms with Crippen LogP contribution in [0.3, 0.4) is 0 Å². The van der Waals surface area contributed by atoms with Crippen LogP contribution in [0.5, 0.6) is 5.75 Å². The minimum Gasteiger partial charge on any atom is -0.491 e. The number of aliphatic hydroxyl groups excluding tert-OH is 1. The second-order valence-electron chi connectivity index (χ2n) is 6.06. The van der Waals surface area contributed by atoms with Crippen molar-refractivity contribution in [3.8, 4) is 5.75 Å². The minimum absolute atomic E-state index is 0.317. The second-order valence-corrected chi connectivity index (χ2v) is 6.06. The Hall–Kier alpha value is -2.04. The number of rotatable bonds is 5. The summed E-state index contributed by atoms with van der Waals surface area (Å²) in [7, 11) is 2.12. The summed E-state index contributed by atoms with van der Waals surface area (Å²) in [4.78, 5) is 4.57. The van der Waals surface area contributed by atoms with E-state index in [4.69, 9.17) is 4.74 Å². The average molecular weight is 312 g/mol. The Balaban J connectivity index is 1.56. The Bertz CT molecular complexity index is 618. The van der Waals surface area contributed by atoms with Crippen molar-refractivity contribution in [2.75, 3.05) is 38.2 Å². The number of fused-ring (bicyclic) bond motifs is 1. The molecule has 1 aliphatic heterocycles. The molecule has 0 fully saturated rings. The fourth-order valence-corrected chi connectivity index (χ4v) is 2.96. The zero-order valence-corrected chi connectivity index (χ0v) is 13.6. The van der Waals surface area contributed by atoms with Crippen molar-refractivity contribution in [2.45, 2.75) is 12.6 Å². The van der Waals surface area contributed by atoms with E-state index in [1.165, 1.54) is 11.3 Å². The maximum absolute atomic E-state index is 10.3. The topological polar surface area (TPSA) is 35.9 Å². The van der Waals surface area contributed by atoms with Crippen molar-refractivity contribution in [1.82, 2.24) is 4.90 Å². The smallest absolute Gasteiger partial charge is 0.119 e. The van der Waals surface area contributed by atoms with Crippen molar-refractivity contribution in [1.29, 1.82) is 0 Å². The SMILES string of the molecule is CN1CCN(CC(O)COc2ccccc2)Cc2ccccc21. The Labute approximate surface area is 137 Å². The third-order valence-electron chi connectivity index (χ3n) is 4.20. The highest BCUT2D eigenvalue weighted by Crippen LogP contribution is 2.23. The first-order chi connectivity index (χ1) is 11.2. The number of nitrogens with zero attached hydrogens (tertiary/aromatic N) is 2. The lowest BCUT2D eigenvalue weighted by Crippen LogP contribution is -2.37. The van der Waals surface area contributed by atoms with Crippen LogP contribution in [0.1, 0.15) is 5.56 Å². The van der Waals surface area contributed by atoms with E-state index in [0.29, 0.717) is 13.2 Å². The predicted molar refractivity (Wildman–Crippen MR) is 92.9 cm³/mol. The molecule has 0 spiro atoms. The molecule has 122 valence electrons.